The highest BCUT2D eigenvalue weighted by molar-refractivity contribution is 6.33. The summed E-state index contributed by atoms with van der Waals surface area (Å²) >= 11 is 12.7. The molecular formula is C18H23Cl2N. The van der Waals surface area contributed by atoms with E-state index in [1.165, 1.54) is 24.8 Å². The highest BCUT2D eigenvalue weighted by Crippen LogP contribution is 2.72. The van der Waals surface area contributed by atoms with E-state index in [4.69, 9.17) is 23.2 Å². The van der Waals surface area contributed by atoms with Gasteiger partial charge in [-0.3, -0.25) is 0 Å². The van der Waals surface area contributed by atoms with E-state index in [-0.39, 0.29) is 0 Å². The largest absolute Gasteiger partial charge is 0.310 e. The van der Waals surface area contributed by atoms with Crippen LogP contribution in [0, 0.1) is 29.6 Å². The second-order valence-corrected chi connectivity index (χ2v) is 8.01. The molecule has 0 aromatic heterocycles. The molecule has 114 valence electrons. The molecule has 3 fully saturated rings. The monoisotopic (exact) mass is 323 g/mol. The van der Waals surface area contributed by atoms with E-state index in [2.05, 4.69) is 18.3 Å². The van der Waals surface area contributed by atoms with Crippen molar-refractivity contribution in [1.82, 2.24) is 5.32 Å². The molecule has 4 rings (SSSR count). The fourth-order valence-corrected chi connectivity index (χ4v) is 5.76. The molecule has 5 unspecified atom stereocenters. The molecule has 3 heteroatoms. The van der Waals surface area contributed by atoms with Crippen molar-refractivity contribution >= 4 is 23.2 Å². The van der Waals surface area contributed by atoms with E-state index in [1.807, 2.05) is 12.1 Å². The average molecular weight is 324 g/mol. The van der Waals surface area contributed by atoms with Crippen molar-refractivity contribution in [1.29, 1.82) is 0 Å². The molecule has 2 bridgehead atoms. The summed E-state index contributed by atoms with van der Waals surface area (Å²) in [5.41, 5.74) is 1.22. The fraction of sp³-hybridized carbons (Fsp3) is 0.667. The van der Waals surface area contributed by atoms with Gasteiger partial charge >= 0.3 is 0 Å². The van der Waals surface area contributed by atoms with Gasteiger partial charge in [0.15, 0.2) is 0 Å². The number of rotatable bonds is 5. The van der Waals surface area contributed by atoms with Crippen molar-refractivity contribution in [3.63, 3.8) is 0 Å². The van der Waals surface area contributed by atoms with Crippen LogP contribution in [0.4, 0.5) is 0 Å². The maximum Gasteiger partial charge on any atom is 0.0454 e. The van der Waals surface area contributed by atoms with E-state index >= 15 is 0 Å². The molecule has 3 aliphatic carbocycles. The van der Waals surface area contributed by atoms with Crippen molar-refractivity contribution < 1.29 is 0 Å². The zero-order chi connectivity index (χ0) is 14.6. The minimum atomic E-state index is 0.398. The lowest BCUT2D eigenvalue weighted by Gasteiger charge is -2.23. The third-order valence-corrected chi connectivity index (χ3v) is 6.67. The topological polar surface area (TPSA) is 12.0 Å². The van der Waals surface area contributed by atoms with Crippen molar-refractivity contribution in [3.8, 4) is 0 Å². The van der Waals surface area contributed by atoms with E-state index < -0.39 is 0 Å². The van der Waals surface area contributed by atoms with Crippen LogP contribution in [0.15, 0.2) is 18.2 Å². The molecule has 0 spiro atoms. The second kappa shape index (κ2) is 5.44. The van der Waals surface area contributed by atoms with Crippen molar-refractivity contribution in [2.75, 3.05) is 6.54 Å². The van der Waals surface area contributed by atoms with Gasteiger partial charge in [-0.25, -0.2) is 0 Å². The van der Waals surface area contributed by atoms with Crippen LogP contribution >= 0.6 is 23.2 Å². The maximum absolute atomic E-state index is 6.49. The van der Waals surface area contributed by atoms with Gasteiger partial charge in [0.2, 0.25) is 0 Å². The zero-order valence-corrected chi connectivity index (χ0v) is 14.0. The molecule has 3 saturated carbocycles. The van der Waals surface area contributed by atoms with Gasteiger partial charge < -0.3 is 5.32 Å². The molecular weight excluding hydrogens is 301 g/mol. The first-order valence-electron chi connectivity index (χ1n) is 8.39. The summed E-state index contributed by atoms with van der Waals surface area (Å²) in [7, 11) is 0. The van der Waals surface area contributed by atoms with Crippen molar-refractivity contribution in [3.05, 3.63) is 33.8 Å². The molecule has 3 aliphatic rings. The smallest absolute Gasteiger partial charge is 0.0454 e. The molecule has 5 atom stereocenters. The number of nitrogens with one attached hydrogen (secondary N) is 1. The van der Waals surface area contributed by atoms with E-state index in [9.17, 15) is 0 Å². The first-order valence-corrected chi connectivity index (χ1v) is 9.14. The van der Waals surface area contributed by atoms with Gasteiger partial charge in [-0.2, -0.15) is 0 Å². The Kier molecular flexibility index (Phi) is 3.72. The highest BCUT2D eigenvalue weighted by Gasteiger charge is 2.66. The SMILES string of the molecule is CCCNC(c1cc(Cl)ccc1Cl)C1C2C3CCC(C3)C21. The summed E-state index contributed by atoms with van der Waals surface area (Å²) in [6.07, 6.45) is 5.58. The highest BCUT2D eigenvalue weighted by atomic mass is 35.5. The number of halogens is 2. The van der Waals surface area contributed by atoms with Crippen LogP contribution in [0.3, 0.4) is 0 Å². The van der Waals surface area contributed by atoms with Crippen LogP contribution in [0.1, 0.15) is 44.2 Å². The minimum absolute atomic E-state index is 0.398. The lowest BCUT2D eigenvalue weighted by Crippen LogP contribution is -2.26. The van der Waals surface area contributed by atoms with Gasteiger partial charge in [-0.15, -0.1) is 0 Å². The van der Waals surface area contributed by atoms with Gasteiger partial charge in [0.1, 0.15) is 0 Å². The zero-order valence-electron chi connectivity index (χ0n) is 12.5. The van der Waals surface area contributed by atoms with Gasteiger partial charge in [-0.05, 0) is 85.6 Å². The number of fused-ring (bicyclic) bond motifs is 5. The summed E-state index contributed by atoms with van der Waals surface area (Å²) in [6.45, 7) is 3.28. The van der Waals surface area contributed by atoms with Crippen LogP contribution in [-0.4, -0.2) is 6.54 Å². The van der Waals surface area contributed by atoms with Crippen LogP contribution in [0.5, 0.6) is 0 Å². The standard InChI is InChI=1S/C18H23Cl2N/c1-2-7-21-18(13-9-12(19)5-6-14(13)20)17-15-10-3-4-11(8-10)16(15)17/h5-6,9-11,15-18,21H,2-4,7-8H2,1H3. The van der Waals surface area contributed by atoms with Crippen LogP contribution < -0.4 is 5.32 Å². The van der Waals surface area contributed by atoms with Gasteiger partial charge in [0.05, 0.1) is 0 Å². The molecule has 0 saturated heterocycles. The van der Waals surface area contributed by atoms with Crippen LogP contribution in [0.25, 0.3) is 0 Å². The fourth-order valence-electron chi connectivity index (χ4n) is 5.34. The third-order valence-electron chi connectivity index (χ3n) is 6.09. The molecule has 1 aromatic rings. The predicted molar refractivity (Wildman–Crippen MR) is 88.8 cm³/mol. The molecule has 0 aliphatic heterocycles. The molecule has 1 N–H and O–H groups in total. The lowest BCUT2D eigenvalue weighted by atomic mass is 9.92. The maximum atomic E-state index is 6.49. The van der Waals surface area contributed by atoms with E-state index in [1.54, 1.807) is 0 Å². The molecule has 1 aromatic carbocycles. The molecule has 1 nitrogen and oxygen atoms in total. The molecule has 0 heterocycles. The van der Waals surface area contributed by atoms with Crippen LogP contribution in [-0.2, 0) is 0 Å². The summed E-state index contributed by atoms with van der Waals surface area (Å²) in [6, 6.07) is 6.32. The van der Waals surface area contributed by atoms with Crippen LogP contribution in [0.2, 0.25) is 10.0 Å². The first-order chi connectivity index (χ1) is 10.2. The number of hydrogen-bond acceptors (Lipinski definition) is 1. The summed E-state index contributed by atoms with van der Waals surface area (Å²) in [5, 5.41) is 5.43. The van der Waals surface area contributed by atoms with Crippen molar-refractivity contribution in [2.45, 2.75) is 38.6 Å². The minimum Gasteiger partial charge on any atom is -0.310 e. The Balaban J connectivity index is 1.62. The Morgan fingerprint density at radius 1 is 1.19 bits per heavy atom. The lowest BCUT2D eigenvalue weighted by molar-refractivity contribution is 0.370. The second-order valence-electron chi connectivity index (χ2n) is 7.16. The van der Waals surface area contributed by atoms with E-state index in [0.29, 0.717) is 6.04 Å². The van der Waals surface area contributed by atoms with E-state index in [0.717, 1.165) is 52.6 Å². The predicted octanol–water partition coefficient (Wildman–Crippen LogP) is 5.33. The van der Waals surface area contributed by atoms with Gasteiger partial charge in [0, 0.05) is 16.1 Å². The Morgan fingerprint density at radius 2 is 1.90 bits per heavy atom. The normalized spacial score (nSPS) is 37.6. The summed E-state index contributed by atoms with van der Waals surface area (Å²) < 4.78 is 0. The van der Waals surface area contributed by atoms with Crippen molar-refractivity contribution in [2.24, 2.45) is 29.6 Å². The molecule has 0 amide bonds. The number of benzene rings is 1. The molecule has 21 heavy (non-hydrogen) atoms. The number of hydrogen-bond donors (Lipinski definition) is 1. The summed E-state index contributed by atoms with van der Waals surface area (Å²) in [5.74, 6) is 4.68. The summed E-state index contributed by atoms with van der Waals surface area (Å²) in [4.78, 5) is 0. The Morgan fingerprint density at radius 3 is 2.57 bits per heavy atom. The van der Waals surface area contributed by atoms with Gasteiger partial charge in [0.25, 0.3) is 0 Å². The third kappa shape index (κ3) is 2.33. The average Bonchev–Trinajstić information content (AvgIpc) is 2.89. The quantitative estimate of drug-likeness (QED) is 0.772. The Bertz CT molecular complexity index is 528. The molecule has 0 radical (unpaired) electrons. The Hall–Kier alpha value is -0.240. The Labute approximate surface area is 137 Å². The van der Waals surface area contributed by atoms with Gasteiger partial charge in [-0.1, -0.05) is 30.1 Å². The first kappa shape index (κ1) is 14.4.